The van der Waals surface area contributed by atoms with Gasteiger partial charge in [0, 0.05) is 5.30 Å². The zero-order chi connectivity index (χ0) is 9.97. The summed E-state index contributed by atoms with van der Waals surface area (Å²) in [6, 6.07) is 14.9. The van der Waals surface area contributed by atoms with Gasteiger partial charge < -0.3 is 0 Å². The van der Waals surface area contributed by atoms with Gasteiger partial charge in [0.2, 0.25) is 0 Å². The Balaban J connectivity index is 2.58. The van der Waals surface area contributed by atoms with Crippen LogP contribution in [0.2, 0.25) is 0 Å². The van der Waals surface area contributed by atoms with Gasteiger partial charge in [-0.25, -0.2) is 4.39 Å². The molecule has 0 fully saturated rings. The molecule has 1 atom stereocenters. The van der Waals surface area contributed by atoms with E-state index in [0.717, 1.165) is 11.1 Å². The highest BCUT2D eigenvalue weighted by atomic mass is 31.0. The number of rotatable bonds is 1. The Morgan fingerprint density at radius 3 is 2.29 bits per heavy atom. The molecule has 0 spiro atoms. The molecule has 0 nitrogen and oxygen atoms in total. The van der Waals surface area contributed by atoms with Crippen molar-refractivity contribution in [3.8, 4) is 11.1 Å². The van der Waals surface area contributed by atoms with E-state index in [1.165, 1.54) is 6.07 Å². The zero-order valence-corrected chi connectivity index (χ0v) is 8.73. The van der Waals surface area contributed by atoms with Gasteiger partial charge in [-0.2, -0.15) is 0 Å². The van der Waals surface area contributed by atoms with E-state index in [-0.39, 0.29) is 5.82 Å². The molecular formula is C12H10FP. The normalized spacial score (nSPS) is 10.1. The Kier molecular flexibility index (Phi) is 2.60. The summed E-state index contributed by atoms with van der Waals surface area (Å²) in [4.78, 5) is 0. The first-order chi connectivity index (χ1) is 6.79. The van der Waals surface area contributed by atoms with Crippen molar-refractivity contribution in [3.63, 3.8) is 0 Å². The summed E-state index contributed by atoms with van der Waals surface area (Å²) in [5.74, 6) is -0.184. The Morgan fingerprint density at radius 2 is 1.57 bits per heavy atom. The minimum atomic E-state index is -0.184. The van der Waals surface area contributed by atoms with Crippen LogP contribution in [0.4, 0.5) is 4.39 Å². The van der Waals surface area contributed by atoms with Crippen molar-refractivity contribution in [1.82, 2.24) is 0 Å². The van der Waals surface area contributed by atoms with Gasteiger partial charge in [0.05, 0.1) is 0 Å². The maximum atomic E-state index is 13.2. The van der Waals surface area contributed by atoms with Crippen molar-refractivity contribution in [3.05, 3.63) is 54.3 Å². The minimum absolute atomic E-state index is 0.184. The average Bonchev–Trinajstić information content (AvgIpc) is 2.23. The molecule has 0 aromatic heterocycles. The molecule has 14 heavy (non-hydrogen) atoms. The SMILES string of the molecule is Fc1cccc(-c2ccccc2)c1P. The molecule has 2 rings (SSSR count). The average molecular weight is 204 g/mol. The van der Waals surface area contributed by atoms with Gasteiger partial charge in [0.15, 0.2) is 0 Å². The molecule has 70 valence electrons. The molecule has 1 unspecified atom stereocenters. The van der Waals surface area contributed by atoms with Gasteiger partial charge in [-0.15, -0.1) is 9.24 Å². The molecule has 0 radical (unpaired) electrons. The van der Waals surface area contributed by atoms with Crippen molar-refractivity contribution in [2.75, 3.05) is 0 Å². The molecule has 0 bridgehead atoms. The fourth-order valence-corrected chi connectivity index (χ4v) is 1.77. The predicted molar refractivity (Wildman–Crippen MR) is 61.2 cm³/mol. The first-order valence-electron chi connectivity index (χ1n) is 4.38. The minimum Gasteiger partial charge on any atom is -0.206 e. The monoisotopic (exact) mass is 204 g/mol. The Morgan fingerprint density at radius 1 is 0.857 bits per heavy atom. The molecule has 0 saturated carbocycles. The highest BCUT2D eigenvalue weighted by molar-refractivity contribution is 7.28. The lowest BCUT2D eigenvalue weighted by Crippen LogP contribution is -2.01. The number of hydrogen-bond donors (Lipinski definition) is 0. The number of benzene rings is 2. The predicted octanol–water partition coefficient (Wildman–Crippen LogP) is 2.99. The molecule has 0 N–H and O–H groups in total. The van der Waals surface area contributed by atoms with E-state index in [1.54, 1.807) is 6.07 Å². The van der Waals surface area contributed by atoms with Crippen molar-refractivity contribution in [2.24, 2.45) is 0 Å². The second kappa shape index (κ2) is 3.89. The molecule has 0 heterocycles. The van der Waals surface area contributed by atoms with Gasteiger partial charge in [-0.3, -0.25) is 0 Å². The number of halogens is 1. The van der Waals surface area contributed by atoms with E-state index in [1.807, 2.05) is 36.4 Å². The van der Waals surface area contributed by atoms with E-state index >= 15 is 0 Å². The standard InChI is InChI=1S/C12H10FP/c13-11-8-4-7-10(12(11)14)9-5-2-1-3-6-9/h1-8H,14H2. The molecular weight excluding hydrogens is 194 g/mol. The van der Waals surface area contributed by atoms with Gasteiger partial charge in [0.25, 0.3) is 0 Å². The van der Waals surface area contributed by atoms with Crippen molar-refractivity contribution in [1.29, 1.82) is 0 Å². The van der Waals surface area contributed by atoms with Gasteiger partial charge in [-0.1, -0.05) is 42.5 Å². The molecule has 0 amide bonds. The van der Waals surface area contributed by atoms with Crippen LogP contribution >= 0.6 is 9.24 Å². The van der Waals surface area contributed by atoms with Crippen molar-refractivity contribution in [2.45, 2.75) is 0 Å². The lowest BCUT2D eigenvalue weighted by Gasteiger charge is -2.05. The van der Waals surface area contributed by atoms with E-state index < -0.39 is 0 Å². The lowest BCUT2D eigenvalue weighted by atomic mass is 10.1. The first-order valence-corrected chi connectivity index (χ1v) is 4.96. The molecule has 2 aromatic carbocycles. The Bertz CT molecular complexity index is 437. The fraction of sp³-hybridized carbons (Fsp3) is 0. The maximum absolute atomic E-state index is 13.2. The van der Waals surface area contributed by atoms with Crippen molar-refractivity contribution < 1.29 is 4.39 Å². The van der Waals surface area contributed by atoms with E-state index in [2.05, 4.69) is 9.24 Å². The van der Waals surface area contributed by atoms with Crippen LogP contribution in [0.1, 0.15) is 0 Å². The van der Waals surface area contributed by atoms with Crippen LogP contribution in [0.3, 0.4) is 0 Å². The van der Waals surface area contributed by atoms with Crippen LogP contribution in [-0.4, -0.2) is 0 Å². The second-order valence-corrected chi connectivity index (χ2v) is 3.64. The Hall–Kier alpha value is -1.20. The third-order valence-corrected chi connectivity index (χ3v) is 2.72. The molecule has 0 aliphatic heterocycles. The van der Waals surface area contributed by atoms with E-state index in [4.69, 9.17) is 0 Å². The summed E-state index contributed by atoms with van der Waals surface area (Å²) in [6.45, 7) is 0. The fourth-order valence-electron chi connectivity index (χ4n) is 1.41. The van der Waals surface area contributed by atoms with Crippen LogP contribution in [0.25, 0.3) is 11.1 Å². The van der Waals surface area contributed by atoms with Crippen molar-refractivity contribution >= 4 is 14.5 Å². The molecule has 0 aliphatic rings. The van der Waals surface area contributed by atoms with Gasteiger partial charge in [-0.05, 0) is 17.2 Å². The van der Waals surface area contributed by atoms with Crippen LogP contribution in [0, 0.1) is 5.82 Å². The number of hydrogen-bond acceptors (Lipinski definition) is 0. The molecule has 2 heteroatoms. The van der Waals surface area contributed by atoms with Crippen LogP contribution in [0.15, 0.2) is 48.5 Å². The largest absolute Gasteiger partial charge is 0.206 e. The van der Waals surface area contributed by atoms with Gasteiger partial charge >= 0.3 is 0 Å². The second-order valence-electron chi connectivity index (χ2n) is 3.07. The summed E-state index contributed by atoms with van der Waals surface area (Å²) in [5.41, 5.74) is 1.97. The van der Waals surface area contributed by atoms with Crippen LogP contribution < -0.4 is 5.30 Å². The van der Waals surface area contributed by atoms with Crippen LogP contribution in [-0.2, 0) is 0 Å². The highest BCUT2D eigenvalue weighted by Crippen LogP contribution is 2.19. The summed E-state index contributed by atoms with van der Waals surface area (Å²) in [5, 5.41) is 0.624. The quantitative estimate of drug-likeness (QED) is 0.626. The summed E-state index contributed by atoms with van der Waals surface area (Å²) < 4.78 is 13.2. The Labute approximate surface area is 85.0 Å². The summed E-state index contributed by atoms with van der Waals surface area (Å²) in [6.07, 6.45) is 0. The zero-order valence-electron chi connectivity index (χ0n) is 7.57. The van der Waals surface area contributed by atoms with E-state index in [9.17, 15) is 4.39 Å². The van der Waals surface area contributed by atoms with Crippen LogP contribution in [0.5, 0.6) is 0 Å². The lowest BCUT2D eigenvalue weighted by molar-refractivity contribution is 0.637. The first kappa shape index (κ1) is 9.36. The van der Waals surface area contributed by atoms with Gasteiger partial charge in [0.1, 0.15) is 5.82 Å². The third kappa shape index (κ3) is 1.69. The summed E-state index contributed by atoms with van der Waals surface area (Å²) in [7, 11) is 2.44. The summed E-state index contributed by atoms with van der Waals surface area (Å²) >= 11 is 0. The highest BCUT2D eigenvalue weighted by Gasteiger charge is 2.04. The molecule has 2 aromatic rings. The molecule has 0 saturated heterocycles. The van der Waals surface area contributed by atoms with E-state index in [0.29, 0.717) is 5.30 Å². The maximum Gasteiger partial charge on any atom is 0.130 e. The third-order valence-electron chi connectivity index (χ3n) is 2.14. The topological polar surface area (TPSA) is 0 Å². The smallest absolute Gasteiger partial charge is 0.130 e. The molecule has 0 aliphatic carbocycles.